The minimum atomic E-state index is -1.82. The first-order chi connectivity index (χ1) is 9.62. The first-order valence-electron chi connectivity index (χ1n) is 7.20. The van der Waals surface area contributed by atoms with Crippen molar-refractivity contribution in [1.29, 1.82) is 0 Å². The number of ether oxygens (including phenoxy) is 2. The van der Waals surface area contributed by atoms with Gasteiger partial charge in [-0.3, -0.25) is 4.79 Å². The van der Waals surface area contributed by atoms with Crippen molar-refractivity contribution in [2.24, 2.45) is 5.92 Å². The molecule has 0 aromatic heterocycles. The molecule has 0 bridgehead atoms. The molecule has 0 saturated heterocycles. The number of hydrogen-bond acceptors (Lipinski definition) is 5. The van der Waals surface area contributed by atoms with E-state index in [4.69, 9.17) is 13.9 Å². The van der Waals surface area contributed by atoms with Crippen LogP contribution >= 0.6 is 11.8 Å². The second-order valence-electron chi connectivity index (χ2n) is 6.80. The standard InChI is InChI=1S/C15H28O4SSi/c1-15(2,3)21(6,7)19-10-11-8-9-12(17-4)20-13(11)14(16)18-5/h8-9,11-13H,10H2,1-7H3/t11-,12+,13-/m0/s1. The normalized spacial score (nSPS) is 26.7. The van der Waals surface area contributed by atoms with Crippen molar-refractivity contribution in [2.45, 2.75) is 49.6 Å². The Kier molecular flexibility index (Phi) is 6.52. The summed E-state index contributed by atoms with van der Waals surface area (Å²) in [6.45, 7) is 11.6. The predicted molar refractivity (Wildman–Crippen MR) is 90.0 cm³/mol. The second-order valence-corrected chi connectivity index (χ2v) is 12.9. The smallest absolute Gasteiger partial charge is 0.319 e. The van der Waals surface area contributed by atoms with E-state index >= 15 is 0 Å². The second kappa shape index (κ2) is 7.31. The van der Waals surface area contributed by atoms with E-state index in [1.165, 1.54) is 18.9 Å². The summed E-state index contributed by atoms with van der Waals surface area (Å²) in [6, 6.07) is 0. The maximum atomic E-state index is 12.0. The van der Waals surface area contributed by atoms with Gasteiger partial charge in [0.05, 0.1) is 7.11 Å². The summed E-state index contributed by atoms with van der Waals surface area (Å²) in [5, 5.41) is -0.108. The van der Waals surface area contributed by atoms with Gasteiger partial charge in [-0.2, -0.15) is 0 Å². The van der Waals surface area contributed by atoms with E-state index in [2.05, 4.69) is 33.9 Å². The van der Waals surface area contributed by atoms with Gasteiger partial charge in [-0.05, 0) is 24.2 Å². The van der Waals surface area contributed by atoms with E-state index in [1.807, 2.05) is 12.2 Å². The van der Waals surface area contributed by atoms with Crippen LogP contribution in [0.25, 0.3) is 0 Å². The molecule has 0 saturated carbocycles. The lowest BCUT2D eigenvalue weighted by molar-refractivity contribution is -0.141. The fourth-order valence-corrected chi connectivity index (χ4v) is 3.97. The third-order valence-corrected chi connectivity index (χ3v) is 10.2. The molecular weight excluding hydrogens is 304 g/mol. The molecule has 4 nitrogen and oxygen atoms in total. The number of carbonyl (C=O) groups excluding carboxylic acids is 1. The highest BCUT2D eigenvalue weighted by Crippen LogP contribution is 2.38. The van der Waals surface area contributed by atoms with Crippen molar-refractivity contribution in [2.75, 3.05) is 20.8 Å². The number of methoxy groups -OCH3 is 2. The van der Waals surface area contributed by atoms with Gasteiger partial charge in [0, 0.05) is 19.6 Å². The van der Waals surface area contributed by atoms with Gasteiger partial charge in [0.25, 0.3) is 0 Å². The summed E-state index contributed by atoms with van der Waals surface area (Å²) in [7, 11) is 1.25. The number of hydrogen-bond donors (Lipinski definition) is 0. The van der Waals surface area contributed by atoms with Crippen molar-refractivity contribution in [3.8, 4) is 0 Å². The molecule has 122 valence electrons. The van der Waals surface area contributed by atoms with Gasteiger partial charge in [-0.15, -0.1) is 11.8 Å². The summed E-state index contributed by atoms with van der Waals surface area (Å²) >= 11 is 1.48. The maximum Gasteiger partial charge on any atom is 0.319 e. The van der Waals surface area contributed by atoms with Crippen LogP contribution in [0.2, 0.25) is 18.1 Å². The number of esters is 1. The van der Waals surface area contributed by atoms with Crippen LogP contribution in [0.1, 0.15) is 20.8 Å². The highest BCUT2D eigenvalue weighted by Gasteiger charge is 2.40. The first kappa shape index (κ1) is 18.7. The molecule has 1 aliphatic heterocycles. The Balaban J connectivity index is 2.77. The topological polar surface area (TPSA) is 44.8 Å². The van der Waals surface area contributed by atoms with Crippen LogP contribution in [0.5, 0.6) is 0 Å². The van der Waals surface area contributed by atoms with Gasteiger partial charge in [0.2, 0.25) is 0 Å². The van der Waals surface area contributed by atoms with Crippen LogP contribution in [-0.4, -0.2) is 45.8 Å². The average molecular weight is 333 g/mol. The molecule has 1 rings (SSSR count). The lowest BCUT2D eigenvalue weighted by Gasteiger charge is -2.38. The van der Waals surface area contributed by atoms with Crippen LogP contribution in [0.15, 0.2) is 12.2 Å². The highest BCUT2D eigenvalue weighted by molar-refractivity contribution is 8.01. The van der Waals surface area contributed by atoms with Gasteiger partial charge in [-0.1, -0.05) is 26.8 Å². The molecule has 0 radical (unpaired) electrons. The Hall–Kier alpha value is -0.303. The van der Waals surface area contributed by atoms with Crippen molar-refractivity contribution in [1.82, 2.24) is 0 Å². The molecule has 0 N–H and O–H groups in total. The number of rotatable bonds is 5. The Morgan fingerprint density at radius 1 is 1.24 bits per heavy atom. The van der Waals surface area contributed by atoms with E-state index in [1.54, 1.807) is 7.11 Å². The van der Waals surface area contributed by atoms with E-state index in [0.29, 0.717) is 6.61 Å². The average Bonchev–Trinajstić information content (AvgIpc) is 2.42. The summed E-state index contributed by atoms with van der Waals surface area (Å²) in [6.07, 6.45) is 4.02. The number of carbonyl (C=O) groups is 1. The minimum absolute atomic E-state index is 0.0305. The van der Waals surface area contributed by atoms with Crippen LogP contribution in [-0.2, 0) is 18.7 Å². The molecule has 0 aliphatic carbocycles. The van der Waals surface area contributed by atoms with Crippen molar-refractivity contribution in [3.05, 3.63) is 12.2 Å². The van der Waals surface area contributed by atoms with E-state index < -0.39 is 8.32 Å². The SMILES string of the molecule is COC(=O)[C@H]1S[C@@H](OC)C=C[C@H]1CO[Si](C)(C)C(C)(C)C. The summed E-state index contributed by atoms with van der Waals surface area (Å²) < 4.78 is 16.5. The van der Waals surface area contributed by atoms with Crippen LogP contribution < -0.4 is 0 Å². The fourth-order valence-electron chi connectivity index (χ4n) is 1.77. The molecule has 21 heavy (non-hydrogen) atoms. The molecule has 3 atom stereocenters. The predicted octanol–water partition coefficient (Wildman–Crippen LogP) is 3.44. The molecule has 1 aliphatic rings. The van der Waals surface area contributed by atoms with Gasteiger partial charge in [0.1, 0.15) is 10.7 Å². The Labute approximate surface area is 133 Å². The molecule has 1 heterocycles. The third-order valence-electron chi connectivity index (χ3n) is 4.29. The molecule has 0 amide bonds. The zero-order valence-corrected chi connectivity index (χ0v) is 16.0. The molecule has 0 aromatic carbocycles. The molecule has 0 spiro atoms. The molecule has 0 unspecified atom stereocenters. The monoisotopic (exact) mass is 332 g/mol. The lowest BCUT2D eigenvalue weighted by Crippen LogP contribution is -2.44. The lowest BCUT2D eigenvalue weighted by atomic mass is 10.1. The molecule has 6 heteroatoms. The Morgan fingerprint density at radius 3 is 2.33 bits per heavy atom. The highest BCUT2D eigenvalue weighted by atomic mass is 32.2. The van der Waals surface area contributed by atoms with Gasteiger partial charge < -0.3 is 13.9 Å². The van der Waals surface area contributed by atoms with E-state index in [9.17, 15) is 4.79 Å². The van der Waals surface area contributed by atoms with E-state index in [0.717, 1.165) is 0 Å². The molecular formula is C15H28O4SSi. The van der Waals surface area contributed by atoms with Crippen molar-refractivity contribution in [3.63, 3.8) is 0 Å². The third kappa shape index (κ3) is 4.84. The Bertz CT molecular complexity index is 390. The zero-order chi connectivity index (χ0) is 16.3. The van der Waals surface area contributed by atoms with Crippen molar-refractivity contribution >= 4 is 26.0 Å². The molecule has 0 aromatic rings. The largest absolute Gasteiger partial charge is 0.468 e. The summed E-state index contributed by atoms with van der Waals surface area (Å²) in [5.74, 6) is -0.182. The summed E-state index contributed by atoms with van der Waals surface area (Å²) in [4.78, 5) is 12.0. The van der Waals surface area contributed by atoms with Gasteiger partial charge in [0.15, 0.2) is 8.32 Å². The van der Waals surface area contributed by atoms with Crippen LogP contribution in [0.4, 0.5) is 0 Å². The van der Waals surface area contributed by atoms with Gasteiger partial charge >= 0.3 is 5.97 Å². The van der Waals surface area contributed by atoms with Crippen LogP contribution in [0, 0.1) is 5.92 Å². The molecule has 0 fully saturated rings. The first-order valence-corrected chi connectivity index (χ1v) is 11.1. The quantitative estimate of drug-likeness (QED) is 0.438. The maximum absolute atomic E-state index is 12.0. The Morgan fingerprint density at radius 2 is 1.86 bits per heavy atom. The zero-order valence-electron chi connectivity index (χ0n) is 14.1. The van der Waals surface area contributed by atoms with Crippen molar-refractivity contribution < 1.29 is 18.7 Å². The summed E-state index contributed by atoms with van der Waals surface area (Å²) in [5.41, 5.74) is -0.0989. The number of thioether (sulfide) groups is 1. The van der Waals surface area contributed by atoms with Gasteiger partial charge in [-0.25, -0.2) is 0 Å². The fraction of sp³-hybridized carbons (Fsp3) is 0.800. The van der Waals surface area contributed by atoms with Crippen LogP contribution in [0.3, 0.4) is 0 Å². The minimum Gasteiger partial charge on any atom is -0.468 e. The van der Waals surface area contributed by atoms with E-state index in [-0.39, 0.29) is 27.6 Å².